The lowest BCUT2D eigenvalue weighted by Gasteiger charge is -2.35. The number of oxime groups is 1. The van der Waals surface area contributed by atoms with E-state index >= 15 is 0 Å². The van der Waals surface area contributed by atoms with Crippen LogP contribution in [0.2, 0.25) is 0 Å². The van der Waals surface area contributed by atoms with E-state index in [1.807, 2.05) is 13.8 Å². The maximum Gasteiger partial charge on any atom is 0.286 e. The summed E-state index contributed by atoms with van der Waals surface area (Å²) in [6.45, 7) is 5.61. The molecular formula is C10H15N5O2. The van der Waals surface area contributed by atoms with E-state index in [2.05, 4.69) is 10.1 Å². The molecule has 0 aromatic heterocycles. The van der Waals surface area contributed by atoms with Crippen molar-refractivity contribution in [3.8, 4) is 0 Å². The zero-order valence-electron chi connectivity index (χ0n) is 9.84. The summed E-state index contributed by atoms with van der Waals surface area (Å²) < 4.78 is 0. The van der Waals surface area contributed by atoms with Gasteiger partial charge in [0.15, 0.2) is 5.84 Å². The molecule has 0 atom stereocenters. The van der Waals surface area contributed by atoms with Crippen molar-refractivity contribution in [3.63, 3.8) is 0 Å². The number of amides is 1. The standard InChI is InChI=1S/C10H15N5O2/c1-6(2)5-15-8(11)7(13-17)9(16)14-4-3-12-10(14)15/h6,11,17H,3-5H2,1-2H3/b11-8?,13-7-. The lowest BCUT2D eigenvalue weighted by molar-refractivity contribution is -0.120. The maximum absolute atomic E-state index is 11.9. The van der Waals surface area contributed by atoms with Crippen LogP contribution in [0.25, 0.3) is 0 Å². The van der Waals surface area contributed by atoms with E-state index in [9.17, 15) is 4.79 Å². The number of hydrogen-bond donors (Lipinski definition) is 2. The Bertz CT molecular complexity index is 426. The highest BCUT2D eigenvalue weighted by atomic mass is 16.4. The van der Waals surface area contributed by atoms with Crippen LogP contribution < -0.4 is 0 Å². The Morgan fingerprint density at radius 1 is 1.59 bits per heavy atom. The highest BCUT2D eigenvalue weighted by Gasteiger charge is 2.41. The Labute approximate surface area is 98.9 Å². The third-order valence-electron chi connectivity index (χ3n) is 2.65. The molecule has 2 aliphatic rings. The van der Waals surface area contributed by atoms with Gasteiger partial charge >= 0.3 is 0 Å². The Kier molecular flexibility index (Phi) is 2.83. The molecule has 17 heavy (non-hydrogen) atoms. The Morgan fingerprint density at radius 3 is 2.88 bits per heavy atom. The van der Waals surface area contributed by atoms with Gasteiger partial charge in [-0.1, -0.05) is 19.0 Å². The molecule has 7 nitrogen and oxygen atoms in total. The van der Waals surface area contributed by atoms with Crippen LogP contribution in [0.4, 0.5) is 0 Å². The van der Waals surface area contributed by atoms with Crippen LogP contribution in [0, 0.1) is 11.3 Å². The van der Waals surface area contributed by atoms with Crippen molar-refractivity contribution in [2.75, 3.05) is 19.6 Å². The molecule has 0 radical (unpaired) electrons. The summed E-state index contributed by atoms with van der Waals surface area (Å²) in [4.78, 5) is 19.2. The highest BCUT2D eigenvalue weighted by molar-refractivity contribution is 6.69. The third kappa shape index (κ3) is 1.77. The zero-order valence-corrected chi connectivity index (χ0v) is 9.84. The van der Waals surface area contributed by atoms with Gasteiger partial charge in [-0.25, -0.2) is 0 Å². The average Bonchev–Trinajstić information content (AvgIpc) is 2.73. The van der Waals surface area contributed by atoms with Gasteiger partial charge in [0, 0.05) is 13.1 Å². The van der Waals surface area contributed by atoms with Crippen LogP contribution in [0.1, 0.15) is 13.8 Å². The Hall–Kier alpha value is -1.92. The lowest BCUT2D eigenvalue weighted by atomic mass is 10.1. The molecule has 7 heteroatoms. The number of fused-ring (bicyclic) bond motifs is 1. The molecule has 0 aliphatic carbocycles. The van der Waals surface area contributed by atoms with E-state index in [0.29, 0.717) is 31.5 Å². The summed E-state index contributed by atoms with van der Waals surface area (Å²) in [6.07, 6.45) is 0. The first-order valence-electron chi connectivity index (χ1n) is 5.51. The summed E-state index contributed by atoms with van der Waals surface area (Å²) in [5.74, 6) is 0.284. The fraction of sp³-hybridized carbons (Fsp3) is 0.600. The smallest absolute Gasteiger partial charge is 0.286 e. The molecular weight excluding hydrogens is 222 g/mol. The number of carbonyl (C=O) groups excluding carboxylic acids is 1. The molecule has 0 spiro atoms. The molecule has 0 saturated carbocycles. The minimum atomic E-state index is -0.450. The number of rotatable bonds is 2. The summed E-state index contributed by atoms with van der Waals surface area (Å²) in [5, 5.41) is 19.7. The van der Waals surface area contributed by atoms with Crippen LogP contribution in [0.5, 0.6) is 0 Å². The van der Waals surface area contributed by atoms with Gasteiger partial charge in [0.1, 0.15) is 0 Å². The Balaban J connectivity index is 2.37. The number of hydrogen-bond acceptors (Lipinski definition) is 5. The van der Waals surface area contributed by atoms with E-state index < -0.39 is 5.91 Å². The summed E-state index contributed by atoms with van der Waals surface area (Å²) in [6, 6.07) is 0. The first-order chi connectivity index (χ1) is 8.06. The zero-order chi connectivity index (χ0) is 12.6. The normalized spacial score (nSPS) is 22.5. The minimum Gasteiger partial charge on any atom is -0.410 e. The van der Waals surface area contributed by atoms with Crippen LogP contribution in [-0.4, -0.2) is 58.1 Å². The number of amidine groups is 1. The number of guanidine groups is 1. The number of nitrogens with one attached hydrogen (secondary N) is 1. The molecule has 92 valence electrons. The predicted molar refractivity (Wildman–Crippen MR) is 62.5 cm³/mol. The number of carbonyl (C=O) groups is 1. The molecule has 0 aromatic carbocycles. The van der Waals surface area contributed by atoms with Crippen molar-refractivity contribution < 1.29 is 10.0 Å². The van der Waals surface area contributed by atoms with Gasteiger partial charge in [-0.2, -0.15) is 0 Å². The van der Waals surface area contributed by atoms with Gasteiger partial charge in [-0.05, 0) is 5.92 Å². The van der Waals surface area contributed by atoms with E-state index in [4.69, 9.17) is 10.6 Å². The molecule has 0 bridgehead atoms. The fourth-order valence-electron chi connectivity index (χ4n) is 1.94. The van der Waals surface area contributed by atoms with E-state index in [-0.39, 0.29) is 11.5 Å². The minimum absolute atomic E-state index is 0.0805. The van der Waals surface area contributed by atoms with Gasteiger partial charge in [-0.15, -0.1) is 0 Å². The molecule has 2 N–H and O–H groups in total. The van der Waals surface area contributed by atoms with Crippen molar-refractivity contribution in [2.24, 2.45) is 16.1 Å². The van der Waals surface area contributed by atoms with Crippen LogP contribution in [-0.2, 0) is 4.79 Å². The largest absolute Gasteiger partial charge is 0.410 e. The SMILES string of the molecule is CC(C)CN1C(=N)/C(=N/O)C(=O)N2CCN=C12. The molecule has 2 heterocycles. The van der Waals surface area contributed by atoms with Crippen molar-refractivity contribution >= 4 is 23.4 Å². The van der Waals surface area contributed by atoms with Crippen LogP contribution >= 0.6 is 0 Å². The highest BCUT2D eigenvalue weighted by Crippen LogP contribution is 2.16. The van der Waals surface area contributed by atoms with Gasteiger partial charge in [0.05, 0.1) is 6.54 Å². The van der Waals surface area contributed by atoms with E-state index in [1.165, 1.54) is 4.90 Å². The van der Waals surface area contributed by atoms with Gasteiger partial charge in [-0.3, -0.25) is 25.0 Å². The van der Waals surface area contributed by atoms with Crippen LogP contribution in [0.3, 0.4) is 0 Å². The molecule has 0 aromatic rings. The second-order valence-corrected chi connectivity index (χ2v) is 4.44. The number of aliphatic imine (C=N–C) groups is 1. The molecule has 1 fully saturated rings. The Morgan fingerprint density at radius 2 is 2.29 bits per heavy atom. The molecule has 1 amide bonds. The molecule has 0 unspecified atom stereocenters. The van der Waals surface area contributed by atoms with Crippen molar-refractivity contribution in [2.45, 2.75) is 13.8 Å². The molecule has 2 rings (SSSR count). The van der Waals surface area contributed by atoms with Crippen molar-refractivity contribution in [3.05, 3.63) is 0 Å². The first-order valence-corrected chi connectivity index (χ1v) is 5.51. The van der Waals surface area contributed by atoms with E-state index in [0.717, 1.165) is 0 Å². The maximum atomic E-state index is 11.9. The van der Waals surface area contributed by atoms with Gasteiger partial charge in [0.2, 0.25) is 11.7 Å². The number of nitrogens with zero attached hydrogens (tertiary/aromatic N) is 4. The van der Waals surface area contributed by atoms with Crippen LogP contribution in [0.15, 0.2) is 10.1 Å². The lowest BCUT2D eigenvalue weighted by Crippen LogP contribution is -2.59. The van der Waals surface area contributed by atoms with Gasteiger partial charge in [0.25, 0.3) is 5.91 Å². The summed E-state index contributed by atoms with van der Waals surface area (Å²) in [7, 11) is 0. The summed E-state index contributed by atoms with van der Waals surface area (Å²) >= 11 is 0. The third-order valence-corrected chi connectivity index (χ3v) is 2.65. The van der Waals surface area contributed by atoms with Gasteiger partial charge < -0.3 is 5.21 Å². The molecule has 2 aliphatic heterocycles. The second-order valence-electron chi connectivity index (χ2n) is 4.44. The quantitative estimate of drug-likeness (QED) is 0.521. The fourth-order valence-corrected chi connectivity index (χ4v) is 1.94. The molecule has 1 saturated heterocycles. The first kappa shape index (κ1) is 11.6. The van der Waals surface area contributed by atoms with E-state index in [1.54, 1.807) is 4.90 Å². The topological polar surface area (TPSA) is 92.3 Å². The predicted octanol–water partition coefficient (Wildman–Crippen LogP) is -0.0363. The monoisotopic (exact) mass is 237 g/mol. The summed E-state index contributed by atoms with van der Waals surface area (Å²) in [5.41, 5.74) is -0.216. The second kappa shape index (κ2) is 4.15. The average molecular weight is 237 g/mol. The van der Waals surface area contributed by atoms with Crippen molar-refractivity contribution in [1.29, 1.82) is 5.41 Å². The van der Waals surface area contributed by atoms with Crippen molar-refractivity contribution in [1.82, 2.24) is 9.80 Å².